The predicted octanol–water partition coefficient (Wildman–Crippen LogP) is 3.79. The lowest BCUT2D eigenvalue weighted by atomic mass is 9.76. The van der Waals surface area contributed by atoms with Crippen molar-refractivity contribution in [1.29, 1.82) is 0 Å². The highest BCUT2D eigenvalue weighted by Gasteiger charge is 2.39. The molecule has 1 saturated carbocycles. The highest BCUT2D eigenvalue weighted by molar-refractivity contribution is 7.89. The van der Waals surface area contributed by atoms with Crippen LogP contribution in [0, 0.1) is 11.8 Å². The van der Waals surface area contributed by atoms with Crippen LogP contribution in [0.3, 0.4) is 0 Å². The van der Waals surface area contributed by atoms with Gasteiger partial charge in [-0.3, -0.25) is 4.79 Å². The summed E-state index contributed by atoms with van der Waals surface area (Å²) in [6.45, 7) is 2.74. The highest BCUT2D eigenvalue weighted by atomic mass is 35.5. The van der Waals surface area contributed by atoms with Crippen molar-refractivity contribution in [3.63, 3.8) is 0 Å². The van der Waals surface area contributed by atoms with Crippen molar-refractivity contribution in [1.82, 2.24) is 14.9 Å². The van der Waals surface area contributed by atoms with E-state index in [-0.39, 0.29) is 41.6 Å². The SMILES string of the molecule is N[C@H](C(=O)N[C@H]1CCCC[C@@H]1CCC[C@H]1CN[C@@H]2CCCS(=O)(=O)N1C2)C(c1ccc(Cl)cc1)C1CCOCC1. The van der Waals surface area contributed by atoms with E-state index in [0.29, 0.717) is 30.7 Å². The van der Waals surface area contributed by atoms with Gasteiger partial charge in [-0.05, 0) is 80.9 Å². The average Bonchev–Trinajstić information content (AvgIpc) is 3.07. The molecule has 4 N–H and O–H groups in total. The van der Waals surface area contributed by atoms with Crippen LogP contribution in [0.1, 0.15) is 82.1 Å². The molecule has 3 saturated heterocycles. The van der Waals surface area contributed by atoms with E-state index in [2.05, 4.69) is 10.6 Å². The molecular weight excluding hydrogens is 548 g/mol. The largest absolute Gasteiger partial charge is 0.381 e. The van der Waals surface area contributed by atoms with E-state index in [0.717, 1.165) is 76.3 Å². The molecule has 7 atom stereocenters. The van der Waals surface area contributed by atoms with Crippen LogP contribution in [0.25, 0.3) is 0 Å². The number of nitrogens with one attached hydrogen (secondary N) is 2. The molecule has 1 aliphatic carbocycles. The molecule has 10 heteroatoms. The zero-order valence-corrected chi connectivity index (χ0v) is 25.2. The summed E-state index contributed by atoms with van der Waals surface area (Å²) >= 11 is 6.16. The number of piperazine rings is 1. The van der Waals surface area contributed by atoms with Gasteiger partial charge in [-0.25, -0.2) is 8.42 Å². The number of amides is 1. The average molecular weight is 595 g/mol. The van der Waals surface area contributed by atoms with E-state index in [1.54, 1.807) is 4.31 Å². The monoisotopic (exact) mass is 594 g/mol. The standard InChI is InChI=1S/C30H47ClN4O4S/c31-24-12-10-22(11-13-24)28(23-14-16-39-17-15-23)29(32)30(36)34-27-9-2-1-5-21(27)6-3-8-26-19-33-25-7-4-18-40(37,38)35(26)20-25/h10-13,21,23,25-29,33H,1-9,14-20,32H2,(H,34,36)/t21-,25-,26+,27+,28?,29+/m1/s1. The normalized spacial score (nSPS) is 32.5. The second-order valence-corrected chi connectivity index (χ2v) is 14.9. The van der Waals surface area contributed by atoms with Gasteiger partial charge >= 0.3 is 0 Å². The Labute approximate surface area is 245 Å². The second-order valence-electron chi connectivity index (χ2n) is 12.4. The summed E-state index contributed by atoms with van der Waals surface area (Å²) in [5.74, 6) is 0.801. The Morgan fingerprint density at radius 3 is 2.60 bits per heavy atom. The van der Waals surface area contributed by atoms with Gasteiger partial charge < -0.3 is 21.1 Å². The molecule has 1 aromatic rings. The molecule has 5 rings (SSSR count). The molecule has 40 heavy (non-hydrogen) atoms. The molecule has 8 nitrogen and oxygen atoms in total. The Kier molecular flexibility index (Phi) is 10.5. The van der Waals surface area contributed by atoms with Crippen molar-refractivity contribution in [3.05, 3.63) is 34.9 Å². The van der Waals surface area contributed by atoms with E-state index >= 15 is 0 Å². The molecule has 4 aliphatic rings. The molecule has 0 radical (unpaired) electrons. The first-order chi connectivity index (χ1) is 19.3. The number of rotatable bonds is 9. The Balaban J connectivity index is 1.19. The Morgan fingerprint density at radius 1 is 1.07 bits per heavy atom. The number of halogens is 1. The van der Waals surface area contributed by atoms with Gasteiger partial charge in [0.25, 0.3) is 0 Å². The maximum absolute atomic E-state index is 13.7. The van der Waals surface area contributed by atoms with E-state index in [1.807, 2.05) is 24.3 Å². The quantitative estimate of drug-likeness (QED) is 0.401. The van der Waals surface area contributed by atoms with Crippen molar-refractivity contribution in [2.24, 2.45) is 17.6 Å². The van der Waals surface area contributed by atoms with Crippen LogP contribution in [-0.4, -0.2) is 74.9 Å². The lowest BCUT2D eigenvalue weighted by Crippen LogP contribution is -2.57. The van der Waals surface area contributed by atoms with Crippen LogP contribution in [0.4, 0.5) is 0 Å². The third-order valence-electron chi connectivity index (χ3n) is 9.83. The molecule has 3 aliphatic heterocycles. The van der Waals surface area contributed by atoms with Gasteiger partial charge in [-0.15, -0.1) is 0 Å². The minimum Gasteiger partial charge on any atom is -0.381 e. The van der Waals surface area contributed by atoms with Gasteiger partial charge in [0.1, 0.15) is 0 Å². The number of fused-ring (bicyclic) bond motifs is 2. The van der Waals surface area contributed by atoms with E-state index in [9.17, 15) is 13.2 Å². The Morgan fingerprint density at radius 2 is 1.82 bits per heavy atom. The Bertz CT molecular complexity index is 1080. The summed E-state index contributed by atoms with van der Waals surface area (Å²) in [5, 5.41) is 7.63. The van der Waals surface area contributed by atoms with Gasteiger partial charge in [0.05, 0.1) is 11.8 Å². The van der Waals surface area contributed by atoms with Gasteiger partial charge in [0, 0.05) is 55.4 Å². The number of benzene rings is 1. The molecule has 0 spiro atoms. The first kappa shape index (κ1) is 30.2. The minimum absolute atomic E-state index is 0.0315. The molecule has 4 fully saturated rings. The van der Waals surface area contributed by atoms with Crippen molar-refractivity contribution in [2.45, 2.75) is 101 Å². The zero-order chi connectivity index (χ0) is 28.1. The smallest absolute Gasteiger partial charge is 0.237 e. The van der Waals surface area contributed by atoms with Crippen molar-refractivity contribution >= 4 is 27.5 Å². The third kappa shape index (κ3) is 7.39. The summed E-state index contributed by atoms with van der Waals surface area (Å²) in [6, 6.07) is 7.56. The fourth-order valence-corrected chi connectivity index (χ4v) is 9.51. The minimum atomic E-state index is -3.17. The number of nitrogens with zero attached hydrogens (tertiary/aromatic N) is 1. The molecule has 1 amide bonds. The van der Waals surface area contributed by atoms with Crippen LogP contribution in [0.5, 0.6) is 0 Å². The maximum atomic E-state index is 13.7. The lowest BCUT2D eigenvalue weighted by molar-refractivity contribution is -0.124. The Hall–Kier alpha value is -1.23. The fraction of sp³-hybridized carbons (Fsp3) is 0.767. The van der Waals surface area contributed by atoms with Gasteiger partial charge in [-0.2, -0.15) is 4.31 Å². The second kappa shape index (κ2) is 13.8. The fourth-order valence-electron chi connectivity index (χ4n) is 7.58. The molecule has 0 aromatic heterocycles. The number of sulfonamides is 1. The first-order valence-corrected chi connectivity index (χ1v) is 17.4. The summed E-state index contributed by atoms with van der Waals surface area (Å²) in [7, 11) is -3.17. The number of carbonyl (C=O) groups is 1. The summed E-state index contributed by atoms with van der Waals surface area (Å²) in [5.41, 5.74) is 7.81. The highest BCUT2D eigenvalue weighted by Crippen LogP contribution is 2.36. The summed E-state index contributed by atoms with van der Waals surface area (Å²) in [6.07, 6.45) is 10.6. The maximum Gasteiger partial charge on any atom is 0.237 e. The molecule has 224 valence electrons. The van der Waals surface area contributed by atoms with Crippen LogP contribution in [-0.2, 0) is 19.6 Å². The number of hydrogen-bond donors (Lipinski definition) is 3. The van der Waals surface area contributed by atoms with E-state index in [1.165, 1.54) is 6.42 Å². The third-order valence-corrected chi connectivity index (χ3v) is 12.0. The van der Waals surface area contributed by atoms with Crippen LogP contribution >= 0.6 is 11.6 Å². The molecular formula is C30H47ClN4O4S. The van der Waals surface area contributed by atoms with Gasteiger partial charge in [0.2, 0.25) is 15.9 Å². The van der Waals surface area contributed by atoms with Gasteiger partial charge in [0.15, 0.2) is 0 Å². The molecule has 1 aromatic carbocycles. The van der Waals surface area contributed by atoms with Crippen molar-refractivity contribution < 1.29 is 17.9 Å². The molecule has 3 heterocycles. The number of nitrogens with two attached hydrogens (primary N) is 1. The van der Waals surface area contributed by atoms with E-state index in [4.69, 9.17) is 22.1 Å². The first-order valence-electron chi connectivity index (χ1n) is 15.4. The zero-order valence-electron chi connectivity index (χ0n) is 23.6. The van der Waals surface area contributed by atoms with Crippen molar-refractivity contribution in [3.8, 4) is 0 Å². The number of hydrogen-bond acceptors (Lipinski definition) is 6. The van der Waals surface area contributed by atoms with Crippen molar-refractivity contribution in [2.75, 3.05) is 32.1 Å². The van der Waals surface area contributed by atoms with Crippen LogP contribution in [0.2, 0.25) is 5.02 Å². The number of ether oxygens (including phenoxy) is 1. The van der Waals surface area contributed by atoms with Gasteiger partial charge in [-0.1, -0.05) is 43.0 Å². The summed E-state index contributed by atoms with van der Waals surface area (Å²) < 4.78 is 33.1. The number of carbonyl (C=O) groups excluding carboxylic acids is 1. The molecule has 2 bridgehead atoms. The molecule has 2 unspecified atom stereocenters. The van der Waals surface area contributed by atoms with E-state index < -0.39 is 16.1 Å². The topological polar surface area (TPSA) is 114 Å². The lowest BCUT2D eigenvalue weighted by Gasteiger charge is -2.38. The predicted molar refractivity (Wildman–Crippen MR) is 159 cm³/mol. The van der Waals surface area contributed by atoms with Crippen LogP contribution < -0.4 is 16.4 Å². The van der Waals surface area contributed by atoms with Crippen LogP contribution in [0.15, 0.2) is 24.3 Å². The summed E-state index contributed by atoms with van der Waals surface area (Å²) in [4.78, 5) is 13.7.